The second-order valence-corrected chi connectivity index (χ2v) is 4.89. The zero-order chi connectivity index (χ0) is 13.0. The van der Waals surface area contributed by atoms with E-state index in [4.69, 9.17) is 9.47 Å². The lowest BCUT2D eigenvalue weighted by Crippen LogP contribution is -2.24. The molecule has 0 saturated heterocycles. The Morgan fingerprint density at radius 3 is 2.44 bits per heavy atom. The zero-order valence-electron chi connectivity index (χ0n) is 11.5. The first-order valence-corrected chi connectivity index (χ1v) is 6.70. The third kappa shape index (κ3) is 2.46. The molecule has 0 bridgehead atoms. The maximum atomic E-state index is 5.54. The van der Waals surface area contributed by atoms with Crippen molar-refractivity contribution >= 4 is 0 Å². The van der Waals surface area contributed by atoms with Gasteiger partial charge in [-0.1, -0.05) is 25.0 Å². The van der Waals surface area contributed by atoms with Crippen molar-refractivity contribution in [1.29, 1.82) is 0 Å². The summed E-state index contributed by atoms with van der Waals surface area (Å²) in [4.78, 5) is 0. The fraction of sp³-hybridized carbons (Fsp3) is 0.600. The van der Waals surface area contributed by atoms with Crippen molar-refractivity contribution in [3.8, 4) is 11.5 Å². The number of hydrogen-bond acceptors (Lipinski definition) is 3. The van der Waals surface area contributed by atoms with Gasteiger partial charge in [-0.15, -0.1) is 0 Å². The lowest BCUT2D eigenvalue weighted by Gasteiger charge is -2.25. The van der Waals surface area contributed by atoms with Gasteiger partial charge in [0.1, 0.15) is 0 Å². The van der Waals surface area contributed by atoms with Crippen LogP contribution in [0.25, 0.3) is 0 Å². The van der Waals surface area contributed by atoms with E-state index in [1.165, 1.54) is 31.2 Å². The van der Waals surface area contributed by atoms with E-state index >= 15 is 0 Å². The molecular weight excluding hydrogens is 226 g/mol. The van der Waals surface area contributed by atoms with Crippen LogP contribution in [0.3, 0.4) is 0 Å². The molecule has 3 heteroatoms. The number of benzene rings is 1. The number of rotatable bonds is 5. The number of hydrogen-bond donors (Lipinski definition) is 1. The summed E-state index contributed by atoms with van der Waals surface area (Å²) in [6, 6.07) is 6.48. The SMILES string of the molecule is CNC(c1cccc(OC)c1OC)C1CCCC1. The van der Waals surface area contributed by atoms with E-state index in [0.717, 1.165) is 11.5 Å². The van der Waals surface area contributed by atoms with Gasteiger partial charge in [0.05, 0.1) is 14.2 Å². The van der Waals surface area contributed by atoms with Gasteiger partial charge in [-0.25, -0.2) is 0 Å². The highest BCUT2D eigenvalue weighted by molar-refractivity contribution is 5.48. The van der Waals surface area contributed by atoms with Gasteiger partial charge >= 0.3 is 0 Å². The summed E-state index contributed by atoms with van der Waals surface area (Å²) in [5.41, 5.74) is 1.21. The van der Waals surface area contributed by atoms with E-state index in [-0.39, 0.29) is 0 Å². The van der Waals surface area contributed by atoms with Crippen molar-refractivity contribution in [3.63, 3.8) is 0 Å². The van der Waals surface area contributed by atoms with Crippen LogP contribution in [0.15, 0.2) is 18.2 Å². The summed E-state index contributed by atoms with van der Waals surface area (Å²) in [5.74, 6) is 2.38. The normalized spacial score (nSPS) is 17.7. The van der Waals surface area contributed by atoms with Gasteiger partial charge in [0.25, 0.3) is 0 Å². The highest BCUT2D eigenvalue weighted by atomic mass is 16.5. The molecule has 0 aliphatic heterocycles. The van der Waals surface area contributed by atoms with Crippen molar-refractivity contribution in [2.45, 2.75) is 31.7 Å². The lowest BCUT2D eigenvalue weighted by atomic mass is 9.91. The Kier molecular flexibility index (Phi) is 4.48. The highest BCUT2D eigenvalue weighted by Crippen LogP contribution is 2.41. The Hall–Kier alpha value is -1.22. The van der Waals surface area contributed by atoms with Gasteiger partial charge in [0.15, 0.2) is 11.5 Å². The molecule has 0 amide bonds. The van der Waals surface area contributed by atoms with Gasteiger partial charge in [-0.2, -0.15) is 0 Å². The standard InChI is InChI=1S/C15H23NO2/c1-16-14(11-7-4-5-8-11)12-9-6-10-13(17-2)15(12)18-3/h6,9-11,14,16H,4-5,7-8H2,1-3H3. The largest absolute Gasteiger partial charge is 0.493 e. The first kappa shape index (κ1) is 13.2. The van der Waals surface area contributed by atoms with E-state index in [2.05, 4.69) is 11.4 Å². The number of methoxy groups -OCH3 is 2. The van der Waals surface area contributed by atoms with Gasteiger partial charge in [-0.3, -0.25) is 0 Å². The molecule has 1 aromatic rings. The van der Waals surface area contributed by atoms with Crippen LogP contribution in [0.1, 0.15) is 37.3 Å². The lowest BCUT2D eigenvalue weighted by molar-refractivity contribution is 0.331. The van der Waals surface area contributed by atoms with Crippen molar-refractivity contribution in [1.82, 2.24) is 5.32 Å². The first-order valence-electron chi connectivity index (χ1n) is 6.70. The van der Waals surface area contributed by atoms with Crippen LogP contribution in [0.4, 0.5) is 0 Å². The molecule has 1 aliphatic carbocycles. The highest BCUT2D eigenvalue weighted by Gasteiger charge is 2.28. The Morgan fingerprint density at radius 1 is 1.17 bits per heavy atom. The molecule has 1 fully saturated rings. The van der Waals surface area contributed by atoms with Crippen LogP contribution in [-0.4, -0.2) is 21.3 Å². The fourth-order valence-corrected chi connectivity index (χ4v) is 3.09. The fourth-order valence-electron chi connectivity index (χ4n) is 3.09. The van der Waals surface area contributed by atoms with Crippen LogP contribution >= 0.6 is 0 Å². The van der Waals surface area contributed by atoms with Crippen LogP contribution in [0.2, 0.25) is 0 Å². The molecule has 1 aliphatic rings. The summed E-state index contributed by atoms with van der Waals surface area (Å²) < 4.78 is 10.9. The minimum Gasteiger partial charge on any atom is -0.493 e. The molecule has 0 aromatic heterocycles. The van der Waals surface area contributed by atoms with Crippen LogP contribution in [0, 0.1) is 5.92 Å². The molecule has 0 radical (unpaired) electrons. The van der Waals surface area contributed by atoms with Gasteiger partial charge in [0, 0.05) is 11.6 Å². The minimum absolute atomic E-state index is 0.359. The smallest absolute Gasteiger partial charge is 0.165 e. The Bertz CT molecular complexity index is 386. The van der Waals surface area contributed by atoms with Gasteiger partial charge in [0.2, 0.25) is 0 Å². The summed E-state index contributed by atoms with van der Waals surface area (Å²) in [6.07, 6.45) is 5.28. The maximum Gasteiger partial charge on any atom is 0.165 e. The van der Waals surface area contributed by atoms with Crippen LogP contribution in [0.5, 0.6) is 11.5 Å². The summed E-state index contributed by atoms with van der Waals surface area (Å²) in [5, 5.41) is 3.45. The first-order chi connectivity index (χ1) is 8.81. The van der Waals surface area contributed by atoms with Gasteiger partial charge < -0.3 is 14.8 Å². The Labute approximate surface area is 109 Å². The molecule has 2 rings (SSSR count). The Balaban J connectivity index is 2.34. The van der Waals surface area contributed by atoms with Crippen LogP contribution < -0.4 is 14.8 Å². The summed E-state index contributed by atoms with van der Waals surface area (Å²) in [7, 11) is 5.43. The summed E-state index contributed by atoms with van der Waals surface area (Å²) >= 11 is 0. The minimum atomic E-state index is 0.359. The quantitative estimate of drug-likeness (QED) is 0.869. The molecule has 1 atom stereocenters. The number of ether oxygens (including phenoxy) is 2. The zero-order valence-corrected chi connectivity index (χ0v) is 11.5. The van der Waals surface area contributed by atoms with E-state index in [1.807, 2.05) is 19.2 Å². The van der Waals surface area contributed by atoms with Gasteiger partial charge in [-0.05, 0) is 31.9 Å². The van der Waals surface area contributed by atoms with E-state index in [1.54, 1.807) is 14.2 Å². The molecule has 1 aromatic carbocycles. The predicted molar refractivity (Wildman–Crippen MR) is 73.3 cm³/mol. The number of nitrogens with one attached hydrogen (secondary N) is 1. The molecule has 0 spiro atoms. The third-order valence-corrected chi connectivity index (χ3v) is 3.95. The van der Waals surface area contributed by atoms with Crippen molar-refractivity contribution in [2.75, 3.05) is 21.3 Å². The third-order valence-electron chi connectivity index (χ3n) is 3.95. The van der Waals surface area contributed by atoms with Crippen molar-refractivity contribution in [3.05, 3.63) is 23.8 Å². The van der Waals surface area contributed by atoms with E-state index in [9.17, 15) is 0 Å². The molecule has 100 valence electrons. The second-order valence-electron chi connectivity index (χ2n) is 4.89. The predicted octanol–water partition coefficient (Wildman–Crippen LogP) is 3.15. The molecule has 18 heavy (non-hydrogen) atoms. The topological polar surface area (TPSA) is 30.5 Å². The number of para-hydroxylation sites is 1. The second kappa shape index (κ2) is 6.10. The molecule has 1 saturated carbocycles. The van der Waals surface area contributed by atoms with E-state index in [0.29, 0.717) is 12.0 Å². The molecule has 0 heterocycles. The van der Waals surface area contributed by atoms with Crippen LogP contribution in [-0.2, 0) is 0 Å². The molecule has 3 nitrogen and oxygen atoms in total. The average molecular weight is 249 g/mol. The van der Waals surface area contributed by atoms with Crippen molar-refractivity contribution in [2.24, 2.45) is 5.92 Å². The van der Waals surface area contributed by atoms with Crippen molar-refractivity contribution < 1.29 is 9.47 Å². The summed E-state index contributed by atoms with van der Waals surface area (Å²) in [6.45, 7) is 0. The molecule has 1 N–H and O–H groups in total. The van der Waals surface area contributed by atoms with E-state index < -0.39 is 0 Å². The average Bonchev–Trinajstić information content (AvgIpc) is 2.93. The molecule has 1 unspecified atom stereocenters. The monoisotopic (exact) mass is 249 g/mol. The Morgan fingerprint density at radius 2 is 1.89 bits per heavy atom. The molecular formula is C15H23NO2. The maximum absolute atomic E-state index is 5.54.